The molecule has 0 saturated heterocycles. The second-order valence-corrected chi connectivity index (χ2v) is 9.91. The number of carbonyl (C=O) groups excluding carboxylic acids is 1. The predicted molar refractivity (Wildman–Crippen MR) is 132 cm³/mol. The van der Waals surface area contributed by atoms with Crippen molar-refractivity contribution in [3.05, 3.63) is 88.0 Å². The molecule has 0 aliphatic carbocycles. The Morgan fingerprint density at radius 2 is 1.52 bits per heavy atom. The second-order valence-electron chi connectivity index (χ2n) is 8.26. The largest absolute Gasteiger partial charge is 0.491 e. The molecule has 0 fully saturated rings. The van der Waals surface area contributed by atoms with E-state index in [2.05, 4.69) is 10.0 Å². The summed E-state index contributed by atoms with van der Waals surface area (Å²) in [5.74, 6) is 0.424. The zero-order valence-electron chi connectivity index (χ0n) is 19.7. The smallest absolute Gasteiger partial charge is 0.262 e. The molecule has 0 unspecified atom stereocenters. The monoisotopic (exact) mass is 466 g/mol. The lowest BCUT2D eigenvalue weighted by Crippen LogP contribution is -2.28. The topological polar surface area (TPSA) is 84.5 Å². The van der Waals surface area contributed by atoms with E-state index in [1.807, 2.05) is 52.0 Å². The van der Waals surface area contributed by atoms with Crippen LogP contribution in [-0.4, -0.2) is 27.5 Å². The minimum absolute atomic E-state index is 0.0695. The number of anilines is 1. The van der Waals surface area contributed by atoms with E-state index < -0.39 is 10.0 Å². The van der Waals surface area contributed by atoms with Gasteiger partial charge in [0.25, 0.3) is 15.9 Å². The van der Waals surface area contributed by atoms with Gasteiger partial charge in [0.15, 0.2) is 0 Å². The number of ether oxygens (including phenoxy) is 1. The van der Waals surface area contributed by atoms with Crippen molar-refractivity contribution in [3.8, 4) is 5.75 Å². The van der Waals surface area contributed by atoms with Crippen LogP contribution in [0, 0.1) is 34.6 Å². The first kappa shape index (κ1) is 24.3. The minimum Gasteiger partial charge on any atom is -0.491 e. The van der Waals surface area contributed by atoms with E-state index in [0.29, 0.717) is 24.4 Å². The van der Waals surface area contributed by atoms with E-state index in [9.17, 15) is 13.2 Å². The van der Waals surface area contributed by atoms with Gasteiger partial charge in [-0.1, -0.05) is 24.3 Å². The third kappa shape index (κ3) is 6.14. The molecule has 33 heavy (non-hydrogen) atoms. The Hall–Kier alpha value is -3.32. The number of sulfonamides is 1. The Bertz CT molecular complexity index is 1280. The molecule has 2 N–H and O–H groups in total. The molecule has 7 heteroatoms. The number of benzene rings is 3. The quantitative estimate of drug-likeness (QED) is 0.465. The standard InChI is InChI=1S/C26H30N2O4S/c1-17-6-7-19(3)24(14-17)32-13-12-27-26(29)22-10-8-20(4)25(16-22)33(30,31)28-23-11-9-18(2)21(5)15-23/h6-11,14-16,28H,12-13H2,1-5H3,(H,27,29). The van der Waals surface area contributed by atoms with E-state index in [4.69, 9.17) is 4.74 Å². The molecule has 0 aromatic heterocycles. The lowest BCUT2D eigenvalue weighted by molar-refractivity contribution is 0.0946. The van der Waals surface area contributed by atoms with Crippen LogP contribution in [0.1, 0.15) is 38.2 Å². The third-order valence-electron chi connectivity index (χ3n) is 5.49. The molecule has 0 aliphatic rings. The van der Waals surface area contributed by atoms with Gasteiger partial charge in [0.05, 0.1) is 11.4 Å². The lowest BCUT2D eigenvalue weighted by Gasteiger charge is -2.14. The SMILES string of the molecule is Cc1ccc(C)c(OCCNC(=O)c2ccc(C)c(S(=O)(=O)Nc3ccc(C)c(C)c3)c2)c1. The number of amides is 1. The average molecular weight is 467 g/mol. The maximum Gasteiger partial charge on any atom is 0.262 e. The highest BCUT2D eigenvalue weighted by atomic mass is 32.2. The fourth-order valence-electron chi connectivity index (χ4n) is 3.34. The van der Waals surface area contributed by atoms with Crippen molar-refractivity contribution in [2.45, 2.75) is 39.5 Å². The van der Waals surface area contributed by atoms with Crippen molar-refractivity contribution in [3.63, 3.8) is 0 Å². The van der Waals surface area contributed by atoms with E-state index >= 15 is 0 Å². The van der Waals surface area contributed by atoms with Crippen LogP contribution in [0.4, 0.5) is 5.69 Å². The number of nitrogens with one attached hydrogen (secondary N) is 2. The number of hydrogen-bond acceptors (Lipinski definition) is 4. The van der Waals surface area contributed by atoms with Gasteiger partial charge in [-0.05, 0) is 92.8 Å². The predicted octanol–water partition coefficient (Wildman–Crippen LogP) is 4.84. The summed E-state index contributed by atoms with van der Waals surface area (Å²) in [5, 5.41) is 2.79. The van der Waals surface area contributed by atoms with Gasteiger partial charge in [-0.25, -0.2) is 8.42 Å². The van der Waals surface area contributed by atoms with Gasteiger partial charge in [0.2, 0.25) is 0 Å². The summed E-state index contributed by atoms with van der Waals surface area (Å²) in [6.07, 6.45) is 0. The molecule has 3 rings (SSSR count). The fraction of sp³-hybridized carbons (Fsp3) is 0.269. The van der Waals surface area contributed by atoms with Crippen LogP contribution in [0.2, 0.25) is 0 Å². The summed E-state index contributed by atoms with van der Waals surface area (Å²) in [6, 6.07) is 16.0. The van der Waals surface area contributed by atoms with Gasteiger partial charge in [-0.15, -0.1) is 0 Å². The highest BCUT2D eigenvalue weighted by Crippen LogP contribution is 2.23. The van der Waals surface area contributed by atoms with Gasteiger partial charge in [0.1, 0.15) is 12.4 Å². The van der Waals surface area contributed by atoms with Gasteiger partial charge >= 0.3 is 0 Å². The van der Waals surface area contributed by atoms with Gasteiger partial charge < -0.3 is 10.1 Å². The molecule has 0 heterocycles. The molecule has 6 nitrogen and oxygen atoms in total. The fourth-order valence-corrected chi connectivity index (χ4v) is 4.66. The Kier molecular flexibility index (Phi) is 7.43. The molecular weight excluding hydrogens is 436 g/mol. The molecule has 0 aliphatic heterocycles. The summed E-state index contributed by atoms with van der Waals surface area (Å²) < 4.78 is 34.4. The zero-order valence-corrected chi connectivity index (χ0v) is 20.5. The van der Waals surface area contributed by atoms with Crippen LogP contribution in [0.5, 0.6) is 5.75 Å². The first-order valence-corrected chi connectivity index (χ1v) is 12.2. The average Bonchev–Trinajstić information content (AvgIpc) is 2.76. The lowest BCUT2D eigenvalue weighted by atomic mass is 10.1. The molecule has 1 amide bonds. The molecule has 0 spiro atoms. The van der Waals surface area contributed by atoms with E-state index in [0.717, 1.165) is 28.0 Å². The van der Waals surface area contributed by atoms with E-state index in [1.165, 1.54) is 6.07 Å². The number of rotatable bonds is 8. The highest BCUT2D eigenvalue weighted by molar-refractivity contribution is 7.92. The summed E-state index contributed by atoms with van der Waals surface area (Å²) in [5.41, 5.74) is 5.50. The van der Waals surface area contributed by atoms with Gasteiger partial charge in [-0.2, -0.15) is 0 Å². The zero-order chi connectivity index (χ0) is 24.2. The molecule has 3 aromatic rings. The van der Waals surface area contributed by atoms with Gasteiger partial charge in [0, 0.05) is 11.3 Å². The summed E-state index contributed by atoms with van der Waals surface area (Å²) in [4.78, 5) is 12.7. The van der Waals surface area contributed by atoms with Crippen molar-refractivity contribution in [1.82, 2.24) is 5.32 Å². The molecule has 0 bridgehead atoms. The van der Waals surface area contributed by atoms with Crippen LogP contribution in [0.3, 0.4) is 0 Å². The van der Waals surface area contributed by atoms with Crippen LogP contribution in [0.15, 0.2) is 59.5 Å². The van der Waals surface area contributed by atoms with Gasteiger partial charge in [-0.3, -0.25) is 9.52 Å². The molecular formula is C26H30N2O4S. The van der Waals surface area contributed by atoms with Crippen molar-refractivity contribution in [1.29, 1.82) is 0 Å². The summed E-state index contributed by atoms with van der Waals surface area (Å²) in [7, 11) is -3.85. The van der Waals surface area contributed by atoms with E-state index in [1.54, 1.807) is 31.2 Å². The van der Waals surface area contributed by atoms with Crippen molar-refractivity contribution in [2.24, 2.45) is 0 Å². The summed E-state index contributed by atoms with van der Waals surface area (Å²) in [6.45, 7) is 10.2. The number of carbonyl (C=O) groups is 1. The second kappa shape index (κ2) is 10.1. The Labute approximate surface area is 196 Å². The first-order valence-electron chi connectivity index (χ1n) is 10.8. The highest BCUT2D eigenvalue weighted by Gasteiger charge is 2.19. The van der Waals surface area contributed by atoms with Crippen LogP contribution < -0.4 is 14.8 Å². The third-order valence-corrected chi connectivity index (χ3v) is 7.01. The van der Waals surface area contributed by atoms with Crippen molar-refractivity contribution in [2.75, 3.05) is 17.9 Å². The molecule has 174 valence electrons. The number of aryl methyl sites for hydroxylation is 5. The van der Waals surface area contributed by atoms with Crippen LogP contribution >= 0.6 is 0 Å². The van der Waals surface area contributed by atoms with Crippen LogP contribution in [0.25, 0.3) is 0 Å². The Balaban J connectivity index is 1.67. The van der Waals surface area contributed by atoms with Crippen molar-refractivity contribution >= 4 is 21.6 Å². The van der Waals surface area contributed by atoms with E-state index in [-0.39, 0.29) is 16.4 Å². The Morgan fingerprint density at radius 1 is 0.818 bits per heavy atom. The first-order chi connectivity index (χ1) is 15.6. The van der Waals surface area contributed by atoms with Crippen LogP contribution in [-0.2, 0) is 10.0 Å². The normalized spacial score (nSPS) is 11.2. The molecule has 3 aromatic carbocycles. The molecule has 0 radical (unpaired) electrons. The van der Waals surface area contributed by atoms with Crippen molar-refractivity contribution < 1.29 is 17.9 Å². The number of hydrogen-bond donors (Lipinski definition) is 2. The Morgan fingerprint density at radius 3 is 2.24 bits per heavy atom. The molecule has 0 atom stereocenters. The minimum atomic E-state index is -3.85. The maximum atomic E-state index is 13.0. The maximum absolute atomic E-state index is 13.0. The molecule has 0 saturated carbocycles. The summed E-state index contributed by atoms with van der Waals surface area (Å²) >= 11 is 0.